The molecule has 2 aliphatic heterocycles. The lowest BCUT2D eigenvalue weighted by atomic mass is 10.2. The standard InChI is InChI=1S/C18H21N7O3/c1-11-8-15(23-17(19)20-11)24-4-6-25(7-5-24)18(27)21-12-2-3-13-14(9-12)28-10-16(26)22-13/h2-3,8-9H,4-7,10H2,1H3,(H,21,27)(H,22,26)(H2,19,20,23). The minimum atomic E-state index is -0.192. The highest BCUT2D eigenvalue weighted by atomic mass is 16.5. The molecule has 0 aliphatic carbocycles. The first-order valence-corrected chi connectivity index (χ1v) is 8.97. The Morgan fingerprint density at radius 2 is 2.00 bits per heavy atom. The van der Waals surface area contributed by atoms with Crippen molar-refractivity contribution in [1.29, 1.82) is 0 Å². The zero-order valence-electron chi connectivity index (χ0n) is 15.4. The van der Waals surface area contributed by atoms with Gasteiger partial charge in [-0.15, -0.1) is 0 Å². The van der Waals surface area contributed by atoms with E-state index in [1.54, 1.807) is 23.1 Å². The number of ether oxygens (including phenoxy) is 1. The second-order valence-corrected chi connectivity index (χ2v) is 6.68. The molecule has 0 unspecified atom stereocenters. The molecule has 0 saturated carbocycles. The van der Waals surface area contributed by atoms with Crippen LogP contribution >= 0.6 is 0 Å². The number of carbonyl (C=O) groups is 2. The van der Waals surface area contributed by atoms with E-state index in [0.29, 0.717) is 43.3 Å². The van der Waals surface area contributed by atoms with Crippen LogP contribution < -0.4 is 26.0 Å². The molecule has 0 atom stereocenters. The number of hydrogen-bond donors (Lipinski definition) is 3. The third kappa shape index (κ3) is 3.75. The Kier molecular flexibility index (Phi) is 4.60. The van der Waals surface area contributed by atoms with Gasteiger partial charge >= 0.3 is 6.03 Å². The Morgan fingerprint density at radius 1 is 1.21 bits per heavy atom. The van der Waals surface area contributed by atoms with Gasteiger partial charge in [0.1, 0.15) is 11.6 Å². The summed E-state index contributed by atoms with van der Waals surface area (Å²) in [5.74, 6) is 1.38. The summed E-state index contributed by atoms with van der Waals surface area (Å²) in [5, 5.41) is 5.60. The summed E-state index contributed by atoms with van der Waals surface area (Å²) in [5.41, 5.74) is 7.75. The van der Waals surface area contributed by atoms with Crippen LogP contribution in [-0.2, 0) is 4.79 Å². The summed E-state index contributed by atoms with van der Waals surface area (Å²) in [6.45, 7) is 4.28. The molecular weight excluding hydrogens is 362 g/mol. The lowest BCUT2D eigenvalue weighted by Crippen LogP contribution is -2.50. The summed E-state index contributed by atoms with van der Waals surface area (Å²) < 4.78 is 5.38. The van der Waals surface area contributed by atoms with Gasteiger partial charge in [0, 0.05) is 49.7 Å². The number of fused-ring (bicyclic) bond motifs is 1. The molecule has 0 spiro atoms. The minimum absolute atomic E-state index is 0.0284. The average molecular weight is 383 g/mol. The van der Waals surface area contributed by atoms with Crippen molar-refractivity contribution in [3.05, 3.63) is 30.0 Å². The second-order valence-electron chi connectivity index (χ2n) is 6.68. The van der Waals surface area contributed by atoms with E-state index in [0.717, 1.165) is 11.5 Å². The van der Waals surface area contributed by atoms with Gasteiger partial charge in [-0.25, -0.2) is 9.78 Å². The minimum Gasteiger partial charge on any atom is -0.482 e. The van der Waals surface area contributed by atoms with Gasteiger partial charge in [0.25, 0.3) is 5.91 Å². The summed E-state index contributed by atoms with van der Waals surface area (Å²) >= 11 is 0. The van der Waals surface area contributed by atoms with Crippen LogP contribution in [0.2, 0.25) is 0 Å². The van der Waals surface area contributed by atoms with E-state index in [-0.39, 0.29) is 24.5 Å². The molecule has 146 valence electrons. The van der Waals surface area contributed by atoms with Crippen LogP contribution in [0.15, 0.2) is 24.3 Å². The van der Waals surface area contributed by atoms with Crippen molar-refractivity contribution in [3.8, 4) is 5.75 Å². The van der Waals surface area contributed by atoms with Gasteiger partial charge in [-0.3, -0.25) is 4.79 Å². The van der Waals surface area contributed by atoms with E-state index >= 15 is 0 Å². The van der Waals surface area contributed by atoms with Crippen molar-refractivity contribution >= 4 is 35.1 Å². The predicted octanol–water partition coefficient (Wildman–Crippen LogP) is 1.05. The first-order chi connectivity index (χ1) is 13.5. The monoisotopic (exact) mass is 383 g/mol. The molecule has 4 N–H and O–H groups in total. The van der Waals surface area contributed by atoms with Crippen LogP contribution in [0.1, 0.15) is 5.69 Å². The fourth-order valence-corrected chi connectivity index (χ4v) is 3.23. The van der Waals surface area contributed by atoms with Gasteiger partial charge in [-0.2, -0.15) is 4.98 Å². The third-order valence-corrected chi connectivity index (χ3v) is 4.61. The molecule has 10 heteroatoms. The molecule has 3 heterocycles. The molecule has 0 radical (unpaired) electrons. The quantitative estimate of drug-likeness (QED) is 0.708. The fourth-order valence-electron chi connectivity index (χ4n) is 3.23. The van der Waals surface area contributed by atoms with Crippen LogP contribution in [0, 0.1) is 6.92 Å². The number of rotatable bonds is 2. The Morgan fingerprint density at radius 3 is 2.75 bits per heavy atom. The number of urea groups is 1. The first kappa shape index (κ1) is 17.8. The lowest BCUT2D eigenvalue weighted by molar-refractivity contribution is -0.118. The summed E-state index contributed by atoms with van der Waals surface area (Å²) in [6, 6.07) is 6.85. The van der Waals surface area contributed by atoms with Crippen molar-refractivity contribution in [2.24, 2.45) is 0 Å². The largest absolute Gasteiger partial charge is 0.482 e. The van der Waals surface area contributed by atoms with Crippen LogP contribution in [0.4, 0.5) is 27.9 Å². The summed E-state index contributed by atoms with van der Waals surface area (Å²) in [4.78, 5) is 36.1. The number of aromatic nitrogens is 2. The van der Waals surface area contributed by atoms with Gasteiger partial charge in [0.15, 0.2) is 6.61 Å². The van der Waals surface area contributed by atoms with Crippen molar-refractivity contribution in [2.75, 3.05) is 54.1 Å². The zero-order valence-corrected chi connectivity index (χ0v) is 15.4. The van der Waals surface area contributed by atoms with Crippen molar-refractivity contribution in [2.45, 2.75) is 6.92 Å². The maximum Gasteiger partial charge on any atom is 0.321 e. The number of nitrogens with zero attached hydrogens (tertiary/aromatic N) is 4. The van der Waals surface area contributed by atoms with Crippen molar-refractivity contribution in [3.63, 3.8) is 0 Å². The number of anilines is 4. The zero-order chi connectivity index (χ0) is 19.7. The summed E-state index contributed by atoms with van der Waals surface area (Å²) in [7, 11) is 0. The number of nitrogens with two attached hydrogens (primary N) is 1. The molecule has 4 rings (SSSR count). The van der Waals surface area contributed by atoms with Crippen LogP contribution in [0.5, 0.6) is 5.75 Å². The lowest BCUT2D eigenvalue weighted by Gasteiger charge is -2.35. The van der Waals surface area contributed by atoms with Crippen molar-refractivity contribution < 1.29 is 14.3 Å². The van der Waals surface area contributed by atoms with Crippen molar-refractivity contribution in [1.82, 2.24) is 14.9 Å². The highest BCUT2D eigenvalue weighted by Crippen LogP contribution is 2.30. The third-order valence-electron chi connectivity index (χ3n) is 4.61. The molecule has 28 heavy (non-hydrogen) atoms. The van der Waals surface area contributed by atoms with Gasteiger partial charge in [0.2, 0.25) is 5.95 Å². The van der Waals surface area contributed by atoms with Gasteiger partial charge < -0.3 is 30.9 Å². The number of carbonyl (C=O) groups excluding carboxylic acids is 2. The van der Waals surface area contributed by atoms with E-state index in [2.05, 4.69) is 25.5 Å². The molecular formula is C18H21N7O3. The Hall–Kier alpha value is -3.56. The van der Waals surface area contributed by atoms with Crippen LogP contribution in [0.25, 0.3) is 0 Å². The smallest absolute Gasteiger partial charge is 0.321 e. The Balaban J connectivity index is 1.36. The number of piperazine rings is 1. The molecule has 2 aliphatic rings. The van der Waals surface area contributed by atoms with E-state index < -0.39 is 0 Å². The van der Waals surface area contributed by atoms with E-state index in [4.69, 9.17) is 10.5 Å². The first-order valence-electron chi connectivity index (χ1n) is 8.97. The average Bonchev–Trinajstić information content (AvgIpc) is 2.67. The van der Waals surface area contributed by atoms with Crippen LogP contribution in [0.3, 0.4) is 0 Å². The second kappa shape index (κ2) is 7.22. The number of hydrogen-bond acceptors (Lipinski definition) is 7. The number of aryl methyl sites for hydroxylation is 1. The molecule has 3 amide bonds. The van der Waals surface area contributed by atoms with Gasteiger partial charge in [0.05, 0.1) is 5.69 Å². The predicted molar refractivity (Wildman–Crippen MR) is 105 cm³/mol. The van der Waals surface area contributed by atoms with E-state index in [1.807, 2.05) is 13.0 Å². The molecule has 2 aromatic rings. The molecule has 10 nitrogen and oxygen atoms in total. The highest BCUT2D eigenvalue weighted by molar-refractivity contribution is 5.96. The maximum atomic E-state index is 12.6. The molecule has 1 aromatic carbocycles. The van der Waals surface area contributed by atoms with E-state index in [9.17, 15) is 9.59 Å². The number of nitrogen functional groups attached to an aromatic ring is 1. The van der Waals surface area contributed by atoms with Crippen LogP contribution in [-0.4, -0.2) is 59.6 Å². The highest BCUT2D eigenvalue weighted by Gasteiger charge is 2.23. The number of amides is 3. The van der Waals surface area contributed by atoms with Gasteiger partial charge in [-0.1, -0.05) is 0 Å². The van der Waals surface area contributed by atoms with Gasteiger partial charge in [-0.05, 0) is 19.1 Å². The maximum absolute atomic E-state index is 12.6. The molecule has 1 saturated heterocycles. The SMILES string of the molecule is Cc1cc(N2CCN(C(=O)Nc3ccc4c(c3)OCC(=O)N4)CC2)nc(N)n1. The fraction of sp³-hybridized carbons (Fsp3) is 0.333. The summed E-state index contributed by atoms with van der Waals surface area (Å²) in [6.07, 6.45) is 0. The number of benzene rings is 1. The number of nitrogens with one attached hydrogen (secondary N) is 2. The topological polar surface area (TPSA) is 126 Å². The molecule has 1 aromatic heterocycles. The van der Waals surface area contributed by atoms with E-state index in [1.165, 1.54) is 0 Å². The Bertz CT molecular complexity index is 905. The molecule has 0 bridgehead atoms. The normalized spacial score (nSPS) is 16.1. The Labute approximate surface area is 161 Å². The molecule has 1 fully saturated rings.